The first-order valence-corrected chi connectivity index (χ1v) is 8.97. The number of rotatable bonds is 3. The number of hydrogen-bond donors (Lipinski definition) is 2. The van der Waals surface area contributed by atoms with Crippen LogP contribution in [0.4, 0.5) is 10.5 Å². The third-order valence-electron chi connectivity index (χ3n) is 5.21. The Bertz CT molecular complexity index is 980. The Labute approximate surface area is 158 Å². The summed E-state index contributed by atoms with van der Waals surface area (Å²) in [6.07, 6.45) is -0.525. The zero-order valence-electron chi connectivity index (χ0n) is 15.3. The van der Waals surface area contributed by atoms with Crippen LogP contribution in [0.3, 0.4) is 0 Å². The van der Waals surface area contributed by atoms with Crippen molar-refractivity contribution in [3.05, 3.63) is 82.9 Å². The summed E-state index contributed by atoms with van der Waals surface area (Å²) in [6, 6.07) is 20.0. The largest absolute Gasteiger partial charge is 0.507 e. The molecule has 4 rings (SSSR count). The highest BCUT2D eigenvalue weighted by Crippen LogP contribution is 2.44. The second-order valence-electron chi connectivity index (χ2n) is 6.85. The number of amides is 1. The van der Waals surface area contributed by atoms with Crippen LogP contribution in [0.2, 0.25) is 0 Å². The fraction of sp³-hybridized carbons (Fsp3) is 0.174. The lowest BCUT2D eigenvalue weighted by molar-refractivity contribution is 0.158. The van der Waals surface area contributed by atoms with E-state index >= 15 is 0 Å². The molecule has 0 fully saturated rings. The van der Waals surface area contributed by atoms with Crippen molar-refractivity contribution in [2.24, 2.45) is 0 Å². The fourth-order valence-corrected chi connectivity index (χ4v) is 3.72. The Morgan fingerprint density at radius 1 is 0.963 bits per heavy atom. The minimum Gasteiger partial charge on any atom is -0.507 e. The van der Waals surface area contributed by atoms with Crippen molar-refractivity contribution in [3.63, 3.8) is 0 Å². The standard InChI is InChI=1S/C23H21NO3/c1-14-11-12-21(15(2)22(14)25)24-23(26)27-13-20-18-9-5-3-7-16(18)17-8-4-6-10-19(17)20/h3-12,20,25H,13H2,1-2H3,(H,24,26). The van der Waals surface area contributed by atoms with Gasteiger partial charge in [-0.15, -0.1) is 0 Å². The molecule has 0 spiro atoms. The predicted molar refractivity (Wildman–Crippen MR) is 106 cm³/mol. The van der Waals surface area contributed by atoms with E-state index < -0.39 is 6.09 Å². The third kappa shape index (κ3) is 3.04. The number of carbonyl (C=O) groups excluding carboxylic acids is 1. The molecule has 3 aromatic rings. The summed E-state index contributed by atoms with van der Waals surface area (Å²) in [5.41, 5.74) is 6.69. The highest BCUT2D eigenvalue weighted by atomic mass is 16.5. The number of aryl methyl sites for hydroxylation is 1. The molecule has 0 radical (unpaired) electrons. The molecule has 0 atom stereocenters. The van der Waals surface area contributed by atoms with Gasteiger partial charge < -0.3 is 9.84 Å². The first-order valence-electron chi connectivity index (χ1n) is 8.97. The molecule has 0 heterocycles. The van der Waals surface area contributed by atoms with Crippen molar-refractivity contribution < 1.29 is 14.6 Å². The highest BCUT2D eigenvalue weighted by molar-refractivity contribution is 5.86. The summed E-state index contributed by atoms with van der Waals surface area (Å²) in [5, 5.41) is 12.8. The SMILES string of the molecule is Cc1ccc(NC(=O)OCC2c3ccccc3-c3ccccc32)c(C)c1O. The molecule has 4 heteroatoms. The molecule has 4 nitrogen and oxygen atoms in total. The zero-order chi connectivity index (χ0) is 19.0. The summed E-state index contributed by atoms with van der Waals surface area (Å²) in [5.74, 6) is 0.210. The second-order valence-corrected chi connectivity index (χ2v) is 6.85. The van der Waals surface area contributed by atoms with Gasteiger partial charge in [-0.2, -0.15) is 0 Å². The van der Waals surface area contributed by atoms with Gasteiger partial charge >= 0.3 is 6.09 Å². The average Bonchev–Trinajstić information content (AvgIpc) is 3.01. The van der Waals surface area contributed by atoms with Crippen molar-refractivity contribution >= 4 is 11.8 Å². The van der Waals surface area contributed by atoms with Gasteiger partial charge in [0.2, 0.25) is 0 Å². The van der Waals surface area contributed by atoms with Crippen LogP contribution in [-0.4, -0.2) is 17.8 Å². The molecule has 1 aliphatic rings. The molecule has 2 N–H and O–H groups in total. The quantitative estimate of drug-likeness (QED) is 0.661. The molecule has 0 aromatic heterocycles. The fourth-order valence-electron chi connectivity index (χ4n) is 3.72. The molecule has 0 saturated heterocycles. The molecule has 0 bridgehead atoms. The van der Waals surface area contributed by atoms with Gasteiger partial charge in [0.25, 0.3) is 0 Å². The zero-order valence-corrected chi connectivity index (χ0v) is 15.3. The molecule has 0 saturated carbocycles. The lowest BCUT2D eigenvalue weighted by atomic mass is 9.98. The topological polar surface area (TPSA) is 58.6 Å². The number of anilines is 1. The van der Waals surface area contributed by atoms with Crippen LogP contribution < -0.4 is 5.32 Å². The maximum atomic E-state index is 12.3. The van der Waals surface area contributed by atoms with Crippen LogP contribution in [0.5, 0.6) is 5.75 Å². The summed E-state index contributed by atoms with van der Waals surface area (Å²) in [6.45, 7) is 3.84. The van der Waals surface area contributed by atoms with E-state index in [0.717, 1.165) is 5.56 Å². The number of hydrogen-bond acceptors (Lipinski definition) is 3. The van der Waals surface area contributed by atoms with E-state index in [2.05, 4.69) is 29.6 Å². The van der Waals surface area contributed by atoms with Crippen molar-refractivity contribution in [1.29, 1.82) is 0 Å². The minimum absolute atomic E-state index is 0.0238. The normalized spacial score (nSPS) is 12.4. The average molecular weight is 359 g/mol. The van der Waals surface area contributed by atoms with Gasteiger partial charge in [-0.1, -0.05) is 54.6 Å². The number of benzene rings is 3. The number of nitrogens with one attached hydrogen (secondary N) is 1. The van der Waals surface area contributed by atoms with Crippen LogP contribution in [-0.2, 0) is 4.74 Å². The highest BCUT2D eigenvalue weighted by Gasteiger charge is 2.29. The Morgan fingerprint density at radius 2 is 1.56 bits per heavy atom. The van der Waals surface area contributed by atoms with E-state index in [0.29, 0.717) is 11.3 Å². The molecular formula is C23H21NO3. The van der Waals surface area contributed by atoms with E-state index in [4.69, 9.17) is 4.74 Å². The molecule has 1 amide bonds. The van der Waals surface area contributed by atoms with Crippen LogP contribution in [0.25, 0.3) is 11.1 Å². The Hall–Kier alpha value is -3.27. The Balaban J connectivity index is 1.51. The van der Waals surface area contributed by atoms with Crippen LogP contribution in [0, 0.1) is 13.8 Å². The maximum absolute atomic E-state index is 12.3. The van der Waals surface area contributed by atoms with E-state index in [1.165, 1.54) is 22.3 Å². The van der Waals surface area contributed by atoms with E-state index in [1.54, 1.807) is 19.1 Å². The molecule has 3 aromatic carbocycles. The van der Waals surface area contributed by atoms with E-state index in [-0.39, 0.29) is 18.3 Å². The van der Waals surface area contributed by atoms with Crippen molar-refractivity contribution in [2.45, 2.75) is 19.8 Å². The van der Waals surface area contributed by atoms with Gasteiger partial charge in [0.15, 0.2) is 0 Å². The van der Waals surface area contributed by atoms with E-state index in [9.17, 15) is 9.90 Å². The van der Waals surface area contributed by atoms with Crippen LogP contribution >= 0.6 is 0 Å². The lowest BCUT2D eigenvalue weighted by Crippen LogP contribution is -2.18. The molecule has 1 aliphatic carbocycles. The molecule has 136 valence electrons. The molecular weight excluding hydrogens is 338 g/mol. The predicted octanol–water partition coefficient (Wildman–Crippen LogP) is 5.37. The van der Waals surface area contributed by atoms with Gasteiger partial charge in [0, 0.05) is 11.5 Å². The van der Waals surface area contributed by atoms with Crippen molar-refractivity contribution in [2.75, 3.05) is 11.9 Å². The first-order chi connectivity index (χ1) is 13.1. The summed E-state index contributed by atoms with van der Waals surface area (Å²) >= 11 is 0. The van der Waals surface area contributed by atoms with Gasteiger partial charge in [-0.25, -0.2) is 4.79 Å². The molecule has 27 heavy (non-hydrogen) atoms. The number of fused-ring (bicyclic) bond motifs is 3. The smallest absolute Gasteiger partial charge is 0.411 e. The second kappa shape index (κ2) is 6.80. The molecule has 0 aliphatic heterocycles. The number of phenols is 1. The van der Waals surface area contributed by atoms with Crippen molar-refractivity contribution in [3.8, 4) is 16.9 Å². The summed E-state index contributed by atoms with van der Waals surface area (Å²) in [4.78, 5) is 12.3. The summed E-state index contributed by atoms with van der Waals surface area (Å²) in [7, 11) is 0. The van der Waals surface area contributed by atoms with Crippen LogP contribution in [0.1, 0.15) is 28.2 Å². The number of carbonyl (C=O) groups is 1. The van der Waals surface area contributed by atoms with Crippen LogP contribution in [0.15, 0.2) is 60.7 Å². The van der Waals surface area contributed by atoms with Gasteiger partial charge in [-0.3, -0.25) is 5.32 Å². The summed E-state index contributed by atoms with van der Waals surface area (Å²) < 4.78 is 5.54. The monoisotopic (exact) mass is 359 g/mol. The first kappa shape index (κ1) is 17.2. The number of ether oxygens (including phenoxy) is 1. The number of aromatic hydroxyl groups is 1. The Morgan fingerprint density at radius 3 is 2.19 bits per heavy atom. The number of phenolic OH excluding ortho intramolecular Hbond substituents is 1. The maximum Gasteiger partial charge on any atom is 0.411 e. The van der Waals surface area contributed by atoms with Gasteiger partial charge in [-0.05, 0) is 47.7 Å². The minimum atomic E-state index is -0.525. The Kier molecular flexibility index (Phi) is 4.32. The van der Waals surface area contributed by atoms with Gasteiger partial charge in [0.1, 0.15) is 12.4 Å². The molecule has 0 unspecified atom stereocenters. The van der Waals surface area contributed by atoms with Gasteiger partial charge in [0.05, 0.1) is 5.69 Å². The lowest BCUT2D eigenvalue weighted by Gasteiger charge is -2.15. The third-order valence-corrected chi connectivity index (χ3v) is 5.21. The van der Waals surface area contributed by atoms with E-state index in [1.807, 2.05) is 31.2 Å². The van der Waals surface area contributed by atoms with Crippen molar-refractivity contribution in [1.82, 2.24) is 0 Å².